The molecule has 0 radical (unpaired) electrons. The van der Waals surface area contributed by atoms with Crippen molar-refractivity contribution in [3.05, 3.63) is 16.4 Å². The van der Waals surface area contributed by atoms with E-state index in [0.717, 1.165) is 23.7 Å². The lowest BCUT2D eigenvalue weighted by molar-refractivity contribution is 0.483. The molecule has 0 spiro atoms. The summed E-state index contributed by atoms with van der Waals surface area (Å²) in [5, 5.41) is 8.45. The van der Waals surface area contributed by atoms with Gasteiger partial charge in [-0.1, -0.05) is 24.9 Å². The van der Waals surface area contributed by atoms with Crippen LogP contribution in [-0.2, 0) is 13.5 Å². The van der Waals surface area contributed by atoms with Crippen molar-refractivity contribution in [1.82, 2.24) is 15.1 Å². The summed E-state index contributed by atoms with van der Waals surface area (Å²) in [6.07, 6.45) is 4.55. The Labute approximate surface area is 103 Å². The van der Waals surface area contributed by atoms with Crippen molar-refractivity contribution in [3.8, 4) is 0 Å². The number of halogens is 1. The van der Waals surface area contributed by atoms with Gasteiger partial charge < -0.3 is 5.32 Å². The molecule has 0 saturated heterocycles. The van der Waals surface area contributed by atoms with E-state index in [2.05, 4.69) is 17.3 Å². The quantitative estimate of drug-likeness (QED) is 0.833. The Hall–Kier alpha value is -0.540. The van der Waals surface area contributed by atoms with E-state index in [4.69, 9.17) is 11.6 Å². The second-order valence-electron chi connectivity index (χ2n) is 4.29. The summed E-state index contributed by atoms with van der Waals surface area (Å²) in [6, 6.07) is 0.584. The average Bonchev–Trinajstić information content (AvgIpc) is 2.49. The minimum Gasteiger partial charge on any atom is -0.317 e. The van der Waals surface area contributed by atoms with Crippen LogP contribution in [0.1, 0.15) is 37.4 Å². The van der Waals surface area contributed by atoms with Crippen LogP contribution >= 0.6 is 11.6 Å². The Balaban J connectivity index is 2.59. The van der Waals surface area contributed by atoms with E-state index in [0.29, 0.717) is 6.04 Å². The topological polar surface area (TPSA) is 29.9 Å². The Kier molecular flexibility index (Phi) is 5.29. The molecule has 3 nitrogen and oxygen atoms in total. The normalized spacial score (nSPS) is 13.1. The van der Waals surface area contributed by atoms with Crippen molar-refractivity contribution in [2.75, 3.05) is 7.05 Å². The van der Waals surface area contributed by atoms with Gasteiger partial charge in [0.05, 0.1) is 5.69 Å². The van der Waals surface area contributed by atoms with Gasteiger partial charge in [0, 0.05) is 18.7 Å². The number of nitrogens with zero attached hydrogens (tertiary/aromatic N) is 2. The second-order valence-corrected chi connectivity index (χ2v) is 4.65. The van der Waals surface area contributed by atoms with Gasteiger partial charge in [-0.3, -0.25) is 4.68 Å². The predicted octanol–water partition coefficient (Wildman–Crippen LogP) is 2.70. The standard InChI is InChI=1S/C12H22ClN3/c1-5-6-10(14-3)7-8-11-9(2)15-16(4)12(11)13/h10,14H,5-8H2,1-4H3. The summed E-state index contributed by atoms with van der Waals surface area (Å²) >= 11 is 6.20. The number of aromatic nitrogens is 2. The van der Waals surface area contributed by atoms with Crippen LogP contribution in [-0.4, -0.2) is 22.9 Å². The molecule has 0 aliphatic carbocycles. The molecule has 1 N–H and O–H groups in total. The lowest BCUT2D eigenvalue weighted by Crippen LogP contribution is -2.25. The van der Waals surface area contributed by atoms with Gasteiger partial charge in [0.25, 0.3) is 0 Å². The zero-order chi connectivity index (χ0) is 12.1. The number of aryl methyl sites for hydroxylation is 2. The van der Waals surface area contributed by atoms with Crippen LogP contribution in [0.5, 0.6) is 0 Å². The monoisotopic (exact) mass is 243 g/mol. The average molecular weight is 244 g/mol. The third-order valence-electron chi connectivity index (χ3n) is 3.06. The molecule has 0 amide bonds. The van der Waals surface area contributed by atoms with Crippen LogP contribution < -0.4 is 5.32 Å². The van der Waals surface area contributed by atoms with E-state index in [1.54, 1.807) is 4.68 Å². The molecular formula is C12H22ClN3. The molecule has 1 unspecified atom stereocenters. The third-order valence-corrected chi connectivity index (χ3v) is 3.53. The highest BCUT2D eigenvalue weighted by Gasteiger charge is 2.13. The lowest BCUT2D eigenvalue weighted by atomic mass is 10.0. The Bertz CT molecular complexity index is 333. The molecule has 0 fully saturated rings. The molecule has 1 aromatic rings. The molecule has 1 heterocycles. The number of hydrogen-bond donors (Lipinski definition) is 1. The van der Waals surface area contributed by atoms with E-state index in [1.807, 2.05) is 21.0 Å². The smallest absolute Gasteiger partial charge is 0.130 e. The van der Waals surface area contributed by atoms with Crippen LogP contribution in [0.15, 0.2) is 0 Å². The fourth-order valence-electron chi connectivity index (χ4n) is 2.06. The molecule has 0 aromatic carbocycles. The zero-order valence-corrected chi connectivity index (χ0v) is 11.4. The van der Waals surface area contributed by atoms with Crippen LogP contribution in [0.2, 0.25) is 5.15 Å². The summed E-state index contributed by atoms with van der Waals surface area (Å²) in [5.41, 5.74) is 2.25. The molecule has 0 aliphatic heterocycles. The van der Waals surface area contributed by atoms with Crippen LogP contribution in [0, 0.1) is 6.92 Å². The summed E-state index contributed by atoms with van der Waals surface area (Å²) in [6.45, 7) is 4.24. The Morgan fingerprint density at radius 3 is 2.56 bits per heavy atom. The molecule has 16 heavy (non-hydrogen) atoms. The fraction of sp³-hybridized carbons (Fsp3) is 0.750. The summed E-state index contributed by atoms with van der Waals surface area (Å²) in [4.78, 5) is 0. The predicted molar refractivity (Wildman–Crippen MR) is 69.0 cm³/mol. The van der Waals surface area contributed by atoms with Crippen molar-refractivity contribution >= 4 is 11.6 Å². The summed E-state index contributed by atoms with van der Waals surface area (Å²) in [7, 11) is 3.92. The minimum absolute atomic E-state index is 0.584. The van der Waals surface area contributed by atoms with Crippen molar-refractivity contribution in [2.45, 2.75) is 45.6 Å². The largest absolute Gasteiger partial charge is 0.317 e. The molecule has 1 rings (SSSR count). The van der Waals surface area contributed by atoms with E-state index in [-0.39, 0.29) is 0 Å². The van der Waals surface area contributed by atoms with Gasteiger partial charge in [0.2, 0.25) is 0 Å². The van der Waals surface area contributed by atoms with Gasteiger partial charge in [-0.25, -0.2) is 0 Å². The third kappa shape index (κ3) is 3.22. The zero-order valence-electron chi connectivity index (χ0n) is 10.7. The van der Waals surface area contributed by atoms with Crippen LogP contribution in [0.3, 0.4) is 0 Å². The number of nitrogens with one attached hydrogen (secondary N) is 1. The molecule has 1 aromatic heterocycles. The molecule has 92 valence electrons. The molecule has 0 bridgehead atoms. The fourth-order valence-corrected chi connectivity index (χ4v) is 2.33. The minimum atomic E-state index is 0.584. The van der Waals surface area contributed by atoms with Crippen molar-refractivity contribution < 1.29 is 0 Å². The lowest BCUT2D eigenvalue weighted by Gasteiger charge is -2.14. The maximum Gasteiger partial charge on any atom is 0.130 e. The van der Waals surface area contributed by atoms with E-state index >= 15 is 0 Å². The van der Waals surface area contributed by atoms with Crippen molar-refractivity contribution in [3.63, 3.8) is 0 Å². The second kappa shape index (κ2) is 6.26. The first kappa shape index (κ1) is 13.5. The van der Waals surface area contributed by atoms with Crippen molar-refractivity contribution in [1.29, 1.82) is 0 Å². The number of rotatable bonds is 6. The Morgan fingerprint density at radius 2 is 2.12 bits per heavy atom. The van der Waals surface area contributed by atoms with Gasteiger partial charge in [-0.05, 0) is 33.2 Å². The highest BCUT2D eigenvalue weighted by molar-refractivity contribution is 6.30. The molecule has 0 aliphatic rings. The number of hydrogen-bond acceptors (Lipinski definition) is 2. The van der Waals surface area contributed by atoms with E-state index in [1.165, 1.54) is 18.4 Å². The van der Waals surface area contributed by atoms with Gasteiger partial charge >= 0.3 is 0 Å². The first-order chi connectivity index (χ1) is 7.60. The van der Waals surface area contributed by atoms with Crippen LogP contribution in [0.25, 0.3) is 0 Å². The van der Waals surface area contributed by atoms with Gasteiger partial charge in [0.1, 0.15) is 5.15 Å². The molecule has 0 saturated carbocycles. The highest BCUT2D eigenvalue weighted by Crippen LogP contribution is 2.21. The van der Waals surface area contributed by atoms with Gasteiger partial charge in [0.15, 0.2) is 0 Å². The van der Waals surface area contributed by atoms with E-state index in [9.17, 15) is 0 Å². The van der Waals surface area contributed by atoms with E-state index < -0.39 is 0 Å². The first-order valence-electron chi connectivity index (χ1n) is 5.95. The maximum atomic E-state index is 6.20. The SMILES string of the molecule is CCCC(CCc1c(C)nn(C)c1Cl)NC. The summed E-state index contributed by atoms with van der Waals surface area (Å²) in [5.74, 6) is 0. The van der Waals surface area contributed by atoms with Crippen molar-refractivity contribution in [2.24, 2.45) is 7.05 Å². The molecule has 1 atom stereocenters. The summed E-state index contributed by atoms with van der Waals surface area (Å²) < 4.78 is 1.75. The van der Waals surface area contributed by atoms with Gasteiger partial charge in [-0.15, -0.1) is 0 Å². The first-order valence-corrected chi connectivity index (χ1v) is 6.33. The van der Waals surface area contributed by atoms with Gasteiger partial charge in [-0.2, -0.15) is 5.10 Å². The van der Waals surface area contributed by atoms with Crippen LogP contribution in [0.4, 0.5) is 0 Å². The maximum absolute atomic E-state index is 6.20. The molecular weight excluding hydrogens is 222 g/mol. The highest BCUT2D eigenvalue weighted by atomic mass is 35.5. The molecule has 4 heteroatoms. The Morgan fingerprint density at radius 1 is 1.44 bits per heavy atom.